The Morgan fingerprint density at radius 1 is 1.45 bits per heavy atom. The first kappa shape index (κ1) is 15.5. The monoisotopic (exact) mass is 389 g/mol. The number of hydrogen-bond donors (Lipinski definition) is 1. The Labute approximate surface area is 133 Å². The molecule has 1 aromatic rings. The molecule has 0 heterocycles. The van der Waals surface area contributed by atoms with Crippen molar-refractivity contribution in [2.24, 2.45) is 0 Å². The quantitative estimate of drug-likeness (QED) is 0.460. The van der Waals surface area contributed by atoms with E-state index >= 15 is 0 Å². The Morgan fingerprint density at radius 3 is 2.75 bits per heavy atom. The van der Waals surface area contributed by atoms with Crippen molar-refractivity contribution in [2.75, 3.05) is 25.5 Å². The number of nitrogens with zero attached hydrogens (tertiary/aromatic N) is 2. The molecule has 0 radical (unpaired) electrons. The minimum atomic E-state index is -0.348. The number of benzene rings is 1. The Balaban J connectivity index is 1.82. The van der Waals surface area contributed by atoms with Gasteiger partial charge < -0.3 is 10.2 Å². The van der Waals surface area contributed by atoms with Gasteiger partial charge in [0, 0.05) is 30.9 Å². The van der Waals surface area contributed by atoms with Crippen LogP contribution in [-0.4, -0.2) is 36.0 Å². The van der Waals surface area contributed by atoms with Crippen LogP contribution in [0.4, 0.5) is 11.4 Å². The Bertz CT molecular complexity index is 475. The fourth-order valence-electron chi connectivity index (χ4n) is 2.67. The first-order valence-electron chi connectivity index (χ1n) is 6.96. The maximum atomic E-state index is 10.8. The van der Waals surface area contributed by atoms with Crippen LogP contribution < -0.4 is 5.32 Å². The molecule has 1 aromatic carbocycles. The zero-order valence-electron chi connectivity index (χ0n) is 11.6. The van der Waals surface area contributed by atoms with Gasteiger partial charge in [0.25, 0.3) is 5.69 Å². The molecule has 1 N–H and O–H groups in total. The summed E-state index contributed by atoms with van der Waals surface area (Å²) in [5, 5.41) is 14.1. The van der Waals surface area contributed by atoms with Crippen LogP contribution in [0.25, 0.3) is 0 Å². The molecule has 0 atom stereocenters. The molecule has 110 valence electrons. The summed E-state index contributed by atoms with van der Waals surface area (Å²) in [6, 6.07) is 5.89. The molecular weight excluding hydrogens is 369 g/mol. The lowest BCUT2D eigenvalue weighted by Gasteiger charge is -2.24. The molecule has 1 saturated carbocycles. The van der Waals surface area contributed by atoms with Crippen molar-refractivity contribution in [3.05, 3.63) is 31.9 Å². The van der Waals surface area contributed by atoms with Gasteiger partial charge in [0.1, 0.15) is 0 Å². The summed E-state index contributed by atoms with van der Waals surface area (Å²) >= 11 is 2.01. The van der Waals surface area contributed by atoms with Crippen molar-refractivity contribution in [1.29, 1.82) is 0 Å². The zero-order chi connectivity index (χ0) is 14.5. The molecular formula is C14H20IN3O2. The summed E-state index contributed by atoms with van der Waals surface area (Å²) in [6.07, 6.45) is 5.32. The van der Waals surface area contributed by atoms with Gasteiger partial charge in [0.05, 0.1) is 8.49 Å². The topological polar surface area (TPSA) is 58.4 Å². The Hall–Kier alpha value is -0.890. The van der Waals surface area contributed by atoms with Crippen molar-refractivity contribution in [2.45, 2.75) is 31.7 Å². The standard InChI is InChI=1S/C14H20IN3O2/c1-17(12-4-2-3-5-12)9-8-16-11-6-7-14(18(19)20)13(15)10-11/h6-7,10,12,16H,2-5,8-9H2,1H3. The molecule has 2 rings (SSSR count). The Morgan fingerprint density at radius 2 is 2.15 bits per heavy atom. The average Bonchev–Trinajstić information content (AvgIpc) is 2.92. The van der Waals surface area contributed by atoms with Crippen molar-refractivity contribution < 1.29 is 4.92 Å². The van der Waals surface area contributed by atoms with Gasteiger partial charge >= 0.3 is 0 Å². The number of rotatable bonds is 6. The van der Waals surface area contributed by atoms with Crippen molar-refractivity contribution in [1.82, 2.24) is 4.90 Å². The molecule has 1 fully saturated rings. The summed E-state index contributed by atoms with van der Waals surface area (Å²) < 4.78 is 0.668. The summed E-state index contributed by atoms with van der Waals surface area (Å²) in [4.78, 5) is 12.8. The third-order valence-corrected chi connectivity index (χ3v) is 4.75. The van der Waals surface area contributed by atoms with Gasteiger partial charge in [-0.3, -0.25) is 10.1 Å². The van der Waals surface area contributed by atoms with Crippen LogP contribution in [0.15, 0.2) is 18.2 Å². The highest BCUT2D eigenvalue weighted by molar-refractivity contribution is 14.1. The number of halogens is 1. The lowest BCUT2D eigenvalue weighted by atomic mass is 10.2. The van der Waals surface area contributed by atoms with Gasteiger partial charge in [-0.2, -0.15) is 0 Å². The smallest absolute Gasteiger partial charge is 0.282 e. The van der Waals surface area contributed by atoms with E-state index in [1.165, 1.54) is 25.7 Å². The van der Waals surface area contributed by atoms with Crippen LogP contribution in [0, 0.1) is 13.7 Å². The molecule has 0 bridgehead atoms. The first-order chi connectivity index (χ1) is 9.58. The number of nitro benzene ring substituents is 1. The van der Waals surface area contributed by atoms with Gasteiger partial charge in [-0.25, -0.2) is 0 Å². The first-order valence-corrected chi connectivity index (χ1v) is 8.04. The lowest BCUT2D eigenvalue weighted by molar-refractivity contribution is -0.385. The fraction of sp³-hybridized carbons (Fsp3) is 0.571. The van der Waals surface area contributed by atoms with Crippen molar-refractivity contribution in [3.8, 4) is 0 Å². The Kier molecular flexibility index (Phi) is 5.59. The SMILES string of the molecule is CN(CCNc1ccc([N+](=O)[O-])c(I)c1)C1CCCC1. The third-order valence-electron chi connectivity index (χ3n) is 3.89. The molecule has 5 nitrogen and oxygen atoms in total. The van der Waals surface area contributed by atoms with Crippen molar-refractivity contribution in [3.63, 3.8) is 0 Å². The van der Waals surface area contributed by atoms with Gasteiger partial charge in [-0.1, -0.05) is 12.8 Å². The van der Waals surface area contributed by atoms with E-state index in [0.717, 1.165) is 24.8 Å². The second-order valence-corrected chi connectivity index (χ2v) is 6.43. The largest absolute Gasteiger partial charge is 0.384 e. The second kappa shape index (κ2) is 7.21. The maximum Gasteiger partial charge on any atom is 0.282 e. The molecule has 1 aliphatic carbocycles. The number of anilines is 1. The van der Waals surface area contributed by atoms with E-state index in [0.29, 0.717) is 3.57 Å². The maximum absolute atomic E-state index is 10.8. The molecule has 1 aliphatic rings. The van der Waals surface area contributed by atoms with E-state index in [2.05, 4.69) is 17.3 Å². The molecule has 6 heteroatoms. The highest BCUT2D eigenvalue weighted by Gasteiger charge is 2.18. The molecule has 0 saturated heterocycles. The van der Waals surface area contributed by atoms with Gasteiger partial charge in [0.2, 0.25) is 0 Å². The van der Waals surface area contributed by atoms with Crippen LogP contribution in [0.5, 0.6) is 0 Å². The third kappa shape index (κ3) is 4.05. The summed E-state index contributed by atoms with van der Waals surface area (Å²) in [6.45, 7) is 1.86. The van der Waals surface area contributed by atoms with E-state index in [-0.39, 0.29) is 10.6 Å². The number of likely N-dealkylation sites (N-methyl/N-ethyl adjacent to an activating group) is 1. The predicted molar refractivity (Wildman–Crippen MR) is 89.2 cm³/mol. The second-order valence-electron chi connectivity index (χ2n) is 5.27. The highest BCUT2D eigenvalue weighted by atomic mass is 127. The average molecular weight is 389 g/mol. The highest BCUT2D eigenvalue weighted by Crippen LogP contribution is 2.24. The fourth-order valence-corrected chi connectivity index (χ4v) is 3.38. The minimum Gasteiger partial charge on any atom is -0.384 e. The zero-order valence-corrected chi connectivity index (χ0v) is 13.8. The molecule has 0 unspecified atom stereocenters. The van der Waals surface area contributed by atoms with E-state index in [1.807, 2.05) is 28.7 Å². The normalized spacial score (nSPS) is 15.8. The van der Waals surface area contributed by atoms with Gasteiger partial charge in [-0.05, 0) is 54.6 Å². The van der Waals surface area contributed by atoms with Crippen LogP contribution in [-0.2, 0) is 0 Å². The summed E-state index contributed by atoms with van der Waals surface area (Å²) in [5.74, 6) is 0. The number of nitrogens with one attached hydrogen (secondary N) is 1. The molecule has 0 aliphatic heterocycles. The van der Waals surface area contributed by atoms with Crippen molar-refractivity contribution >= 4 is 34.0 Å². The minimum absolute atomic E-state index is 0.166. The van der Waals surface area contributed by atoms with Crippen LogP contribution in [0.2, 0.25) is 0 Å². The summed E-state index contributed by atoms with van der Waals surface area (Å²) in [7, 11) is 2.18. The van der Waals surface area contributed by atoms with Crippen LogP contribution >= 0.6 is 22.6 Å². The summed E-state index contributed by atoms with van der Waals surface area (Å²) in [5.41, 5.74) is 1.11. The van der Waals surface area contributed by atoms with Crippen LogP contribution in [0.1, 0.15) is 25.7 Å². The lowest BCUT2D eigenvalue weighted by Crippen LogP contribution is -2.33. The molecule has 0 spiro atoms. The predicted octanol–water partition coefficient (Wildman–Crippen LogP) is 3.49. The van der Waals surface area contributed by atoms with E-state index < -0.39 is 0 Å². The van der Waals surface area contributed by atoms with Gasteiger partial charge in [-0.15, -0.1) is 0 Å². The molecule has 0 amide bonds. The van der Waals surface area contributed by atoms with Gasteiger partial charge in [0.15, 0.2) is 0 Å². The van der Waals surface area contributed by atoms with E-state index in [9.17, 15) is 10.1 Å². The van der Waals surface area contributed by atoms with E-state index in [1.54, 1.807) is 12.1 Å². The number of hydrogen-bond acceptors (Lipinski definition) is 4. The van der Waals surface area contributed by atoms with E-state index in [4.69, 9.17) is 0 Å². The molecule has 0 aromatic heterocycles. The number of nitro groups is 1. The van der Waals surface area contributed by atoms with Crippen LogP contribution in [0.3, 0.4) is 0 Å². The molecule has 20 heavy (non-hydrogen) atoms.